The van der Waals surface area contributed by atoms with Crippen molar-refractivity contribution < 1.29 is 9.21 Å². The van der Waals surface area contributed by atoms with Gasteiger partial charge in [0.25, 0.3) is 5.91 Å². The van der Waals surface area contributed by atoms with Crippen molar-refractivity contribution in [3.63, 3.8) is 0 Å². The molecule has 0 saturated heterocycles. The molecule has 2 N–H and O–H groups in total. The molecule has 112 valence electrons. The highest BCUT2D eigenvalue weighted by Crippen LogP contribution is 2.17. The summed E-state index contributed by atoms with van der Waals surface area (Å²) in [5.74, 6) is -0.0352. The van der Waals surface area contributed by atoms with Gasteiger partial charge in [-0.1, -0.05) is 19.1 Å². The van der Waals surface area contributed by atoms with E-state index in [0.29, 0.717) is 11.7 Å². The quantitative estimate of drug-likeness (QED) is 0.855. The Morgan fingerprint density at radius 1 is 1.33 bits per heavy atom. The molecule has 2 rings (SSSR count). The molecule has 5 heteroatoms. The van der Waals surface area contributed by atoms with E-state index in [4.69, 9.17) is 4.42 Å². The number of amides is 1. The first-order chi connectivity index (χ1) is 10.1. The fraction of sp³-hybridized carbons (Fsp3) is 0.375. The third-order valence-electron chi connectivity index (χ3n) is 3.32. The molecule has 1 heterocycles. The smallest absolute Gasteiger partial charge is 0.293 e. The van der Waals surface area contributed by atoms with Gasteiger partial charge in [-0.3, -0.25) is 4.79 Å². The van der Waals surface area contributed by atoms with Gasteiger partial charge in [0.05, 0.1) is 5.69 Å². The van der Waals surface area contributed by atoms with Crippen LogP contribution in [0.25, 0.3) is 0 Å². The summed E-state index contributed by atoms with van der Waals surface area (Å²) in [6.45, 7) is 7.00. The molecule has 1 amide bonds. The Bertz CT molecular complexity index is 590. The van der Waals surface area contributed by atoms with Crippen LogP contribution in [0.3, 0.4) is 0 Å². The molecule has 1 unspecified atom stereocenters. The first-order valence-corrected chi connectivity index (χ1v) is 7.16. The number of rotatable bonds is 6. The van der Waals surface area contributed by atoms with Gasteiger partial charge in [0, 0.05) is 11.7 Å². The van der Waals surface area contributed by atoms with E-state index in [-0.39, 0.29) is 11.7 Å². The minimum atomic E-state index is -0.282. The molecule has 0 saturated carbocycles. The standard InChI is InChI=1S/C16H21N3O2/c1-4-9-17-11(2)13-5-7-14(8-6-13)19-16(20)15-12(3)18-10-21-15/h5-8,10-11,17H,4,9H2,1-3H3,(H,19,20). The molecule has 1 atom stereocenters. The molecule has 21 heavy (non-hydrogen) atoms. The SMILES string of the molecule is CCCNC(C)c1ccc(NC(=O)c2ocnc2C)cc1. The maximum absolute atomic E-state index is 12.0. The predicted octanol–water partition coefficient (Wildman–Crippen LogP) is 3.30. The fourth-order valence-electron chi connectivity index (χ4n) is 2.04. The molecule has 0 radical (unpaired) electrons. The highest BCUT2D eigenvalue weighted by atomic mass is 16.3. The monoisotopic (exact) mass is 287 g/mol. The van der Waals surface area contributed by atoms with Crippen LogP contribution in [0.5, 0.6) is 0 Å². The van der Waals surface area contributed by atoms with Gasteiger partial charge in [-0.15, -0.1) is 0 Å². The summed E-state index contributed by atoms with van der Waals surface area (Å²) >= 11 is 0. The molecule has 1 aromatic carbocycles. The van der Waals surface area contributed by atoms with E-state index in [1.54, 1.807) is 6.92 Å². The molecule has 0 bridgehead atoms. The van der Waals surface area contributed by atoms with Gasteiger partial charge < -0.3 is 15.1 Å². The van der Waals surface area contributed by atoms with Gasteiger partial charge in [0.1, 0.15) is 0 Å². The number of anilines is 1. The molecule has 1 aromatic heterocycles. The van der Waals surface area contributed by atoms with Crippen molar-refractivity contribution >= 4 is 11.6 Å². The van der Waals surface area contributed by atoms with Crippen LogP contribution < -0.4 is 10.6 Å². The van der Waals surface area contributed by atoms with Crippen LogP contribution in [-0.4, -0.2) is 17.4 Å². The lowest BCUT2D eigenvalue weighted by atomic mass is 10.1. The van der Waals surface area contributed by atoms with Gasteiger partial charge in [-0.05, 0) is 44.5 Å². The topological polar surface area (TPSA) is 67.2 Å². The summed E-state index contributed by atoms with van der Waals surface area (Å²) in [6.07, 6.45) is 2.38. The zero-order valence-corrected chi connectivity index (χ0v) is 12.6. The summed E-state index contributed by atoms with van der Waals surface area (Å²) in [6, 6.07) is 8.10. The summed E-state index contributed by atoms with van der Waals surface area (Å²) in [5, 5.41) is 6.23. The molecule has 2 aromatic rings. The number of oxazole rings is 1. The molecular formula is C16H21N3O2. The van der Waals surface area contributed by atoms with E-state index >= 15 is 0 Å². The average Bonchev–Trinajstić information content (AvgIpc) is 2.91. The first-order valence-electron chi connectivity index (χ1n) is 7.16. The molecule has 0 fully saturated rings. The van der Waals surface area contributed by atoms with E-state index in [1.807, 2.05) is 24.3 Å². The number of benzene rings is 1. The maximum Gasteiger partial charge on any atom is 0.293 e. The zero-order chi connectivity index (χ0) is 15.2. The lowest BCUT2D eigenvalue weighted by Crippen LogP contribution is -2.19. The van der Waals surface area contributed by atoms with Crippen LogP contribution in [0, 0.1) is 6.92 Å². The lowest BCUT2D eigenvalue weighted by Gasteiger charge is -2.14. The summed E-state index contributed by atoms with van der Waals surface area (Å²) in [5.41, 5.74) is 2.51. The fourth-order valence-corrected chi connectivity index (χ4v) is 2.04. The third-order valence-corrected chi connectivity index (χ3v) is 3.32. The summed E-state index contributed by atoms with van der Waals surface area (Å²) in [4.78, 5) is 15.9. The van der Waals surface area contributed by atoms with Crippen molar-refractivity contribution in [2.24, 2.45) is 0 Å². The highest BCUT2D eigenvalue weighted by molar-refractivity contribution is 6.02. The van der Waals surface area contributed by atoms with Crippen LogP contribution in [-0.2, 0) is 0 Å². The van der Waals surface area contributed by atoms with Crippen molar-refractivity contribution in [3.8, 4) is 0 Å². The third kappa shape index (κ3) is 3.92. The van der Waals surface area contributed by atoms with E-state index < -0.39 is 0 Å². The number of carbonyl (C=O) groups is 1. The number of nitrogens with zero attached hydrogens (tertiary/aromatic N) is 1. The minimum Gasteiger partial charge on any atom is -0.438 e. The number of aromatic nitrogens is 1. The van der Waals surface area contributed by atoms with E-state index in [1.165, 1.54) is 12.0 Å². The molecule has 0 aliphatic carbocycles. The predicted molar refractivity (Wildman–Crippen MR) is 82.3 cm³/mol. The minimum absolute atomic E-state index is 0.247. The van der Waals surface area contributed by atoms with Gasteiger partial charge in [-0.25, -0.2) is 4.98 Å². The second-order valence-electron chi connectivity index (χ2n) is 5.02. The van der Waals surface area contributed by atoms with E-state index in [2.05, 4.69) is 29.5 Å². The second kappa shape index (κ2) is 7.04. The van der Waals surface area contributed by atoms with Gasteiger partial charge in [0.15, 0.2) is 6.39 Å². The van der Waals surface area contributed by atoms with Crippen molar-refractivity contribution in [1.29, 1.82) is 0 Å². The Kier molecular flexibility index (Phi) is 5.11. The zero-order valence-electron chi connectivity index (χ0n) is 12.6. The first kappa shape index (κ1) is 15.3. The van der Waals surface area contributed by atoms with Gasteiger partial charge in [-0.2, -0.15) is 0 Å². The summed E-state index contributed by atoms with van der Waals surface area (Å²) in [7, 11) is 0. The van der Waals surface area contributed by atoms with Crippen LogP contribution >= 0.6 is 0 Å². The molecule has 5 nitrogen and oxygen atoms in total. The van der Waals surface area contributed by atoms with Crippen molar-refractivity contribution in [1.82, 2.24) is 10.3 Å². The van der Waals surface area contributed by atoms with Crippen molar-refractivity contribution in [2.75, 3.05) is 11.9 Å². The normalized spacial score (nSPS) is 12.1. The summed E-state index contributed by atoms with van der Waals surface area (Å²) < 4.78 is 5.07. The van der Waals surface area contributed by atoms with Crippen molar-refractivity contribution in [2.45, 2.75) is 33.2 Å². The Balaban J connectivity index is 1.99. The number of hydrogen-bond donors (Lipinski definition) is 2. The van der Waals surface area contributed by atoms with E-state index in [0.717, 1.165) is 18.7 Å². The Morgan fingerprint density at radius 2 is 2.05 bits per heavy atom. The van der Waals surface area contributed by atoms with Gasteiger partial charge >= 0.3 is 0 Å². The number of carbonyl (C=O) groups excluding carboxylic acids is 1. The van der Waals surface area contributed by atoms with Gasteiger partial charge in [0.2, 0.25) is 5.76 Å². The molecule has 0 aliphatic rings. The Morgan fingerprint density at radius 3 is 2.62 bits per heavy atom. The van der Waals surface area contributed by atoms with Crippen molar-refractivity contribution in [3.05, 3.63) is 47.7 Å². The Labute approximate surface area is 124 Å². The maximum atomic E-state index is 12.0. The second-order valence-corrected chi connectivity index (χ2v) is 5.02. The number of hydrogen-bond acceptors (Lipinski definition) is 4. The highest BCUT2D eigenvalue weighted by Gasteiger charge is 2.14. The molecule has 0 aliphatic heterocycles. The van der Waals surface area contributed by atoms with Crippen LogP contribution in [0.15, 0.2) is 35.1 Å². The number of aryl methyl sites for hydroxylation is 1. The largest absolute Gasteiger partial charge is 0.438 e. The molecule has 0 spiro atoms. The average molecular weight is 287 g/mol. The van der Waals surface area contributed by atoms with Crippen LogP contribution in [0.1, 0.15) is 48.1 Å². The number of nitrogens with one attached hydrogen (secondary N) is 2. The van der Waals surface area contributed by atoms with Crippen LogP contribution in [0.2, 0.25) is 0 Å². The lowest BCUT2D eigenvalue weighted by molar-refractivity contribution is 0.0996. The molecular weight excluding hydrogens is 266 g/mol. The van der Waals surface area contributed by atoms with Crippen LogP contribution in [0.4, 0.5) is 5.69 Å². The Hall–Kier alpha value is -2.14. The van der Waals surface area contributed by atoms with E-state index in [9.17, 15) is 4.79 Å².